The summed E-state index contributed by atoms with van der Waals surface area (Å²) < 4.78 is 19.6. The van der Waals surface area contributed by atoms with Gasteiger partial charge in [0.25, 0.3) is 0 Å². The molecule has 1 aliphatic heterocycles. The van der Waals surface area contributed by atoms with Crippen molar-refractivity contribution in [3.63, 3.8) is 0 Å². The van der Waals surface area contributed by atoms with Crippen LogP contribution in [0.2, 0.25) is 0 Å². The second-order valence-corrected chi connectivity index (χ2v) is 5.54. The van der Waals surface area contributed by atoms with E-state index in [1.807, 2.05) is 6.07 Å². The smallest absolute Gasteiger partial charge is 0.145 e. The zero-order valence-corrected chi connectivity index (χ0v) is 12.2. The van der Waals surface area contributed by atoms with Crippen molar-refractivity contribution in [3.8, 4) is 11.8 Å². The second-order valence-electron chi connectivity index (χ2n) is 4.62. The van der Waals surface area contributed by atoms with Gasteiger partial charge < -0.3 is 9.64 Å². The van der Waals surface area contributed by atoms with Crippen LogP contribution in [-0.4, -0.2) is 31.1 Å². The van der Waals surface area contributed by atoms with E-state index >= 15 is 0 Å². The van der Waals surface area contributed by atoms with E-state index in [1.54, 1.807) is 6.07 Å². The third-order valence-corrected chi connectivity index (χ3v) is 3.66. The van der Waals surface area contributed by atoms with Gasteiger partial charge in [-0.3, -0.25) is 0 Å². The number of nitriles is 1. The number of hydrogen-bond acceptors (Lipinski definition) is 3. The van der Waals surface area contributed by atoms with Crippen molar-refractivity contribution in [2.24, 2.45) is 0 Å². The fraction of sp³-hybridized carbons (Fsp3) is 0.500. The van der Waals surface area contributed by atoms with E-state index in [0.29, 0.717) is 16.8 Å². The maximum absolute atomic E-state index is 13.5. The van der Waals surface area contributed by atoms with Gasteiger partial charge in [0.2, 0.25) is 0 Å². The number of nitrogens with zero attached hydrogens (tertiary/aromatic N) is 2. The summed E-state index contributed by atoms with van der Waals surface area (Å²) in [5.41, 5.74) is -0.0237. The second kappa shape index (κ2) is 6.88. The molecule has 2 rings (SSSR count). The third kappa shape index (κ3) is 3.92. The molecule has 0 amide bonds. The molecule has 1 aliphatic rings. The van der Waals surface area contributed by atoms with Gasteiger partial charge in [-0.05, 0) is 44.5 Å². The summed E-state index contributed by atoms with van der Waals surface area (Å²) in [7, 11) is 0. The van der Waals surface area contributed by atoms with Gasteiger partial charge in [0, 0.05) is 11.0 Å². The molecule has 0 radical (unpaired) electrons. The Morgan fingerprint density at radius 1 is 1.37 bits per heavy atom. The van der Waals surface area contributed by atoms with Crippen LogP contribution in [0.5, 0.6) is 5.75 Å². The van der Waals surface area contributed by atoms with Crippen molar-refractivity contribution < 1.29 is 9.13 Å². The summed E-state index contributed by atoms with van der Waals surface area (Å²) in [4.78, 5) is 2.40. The molecule has 0 aliphatic carbocycles. The molecular weight excluding hydrogens is 311 g/mol. The van der Waals surface area contributed by atoms with E-state index in [0.717, 1.165) is 26.1 Å². The molecular formula is C14H16BrFN2O. The molecule has 0 spiro atoms. The lowest BCUT2D eigenvalue weighted by Gasteiger charge is -2.15. The van der Waals surface area contributed by atoms with Gasteiger partial charge in [-0.1, -0.05) is 15.9 Å². The first-order chi connectivity index (χ1) is 9.20. The Kier molecular flexibility index (Phi) is 5.17. The van der Waals surface area contributed by atoms with Gasteiger partial charge in [0.05, 0.1) is 6.61 Å². The first-order valence-electron chi connectivity index (χ1n) is 6.45. The molecule has 19 heavy (non-hydrogen) atoms. The largest absolute Gasteiger partial charge is 0.492 e. The molecule has 0 atom stereocenters. The number of rotatable bonds is 5. The average Bonchev–Trinajstić information content (AvgIpc) is 2.87. The predicted octanol–water partition coefficient (Wildman–Crippen LogP) is 3.32. The number of benzene rings is 1. The molecule has 0 aromatic heterocycles. The zero-order chi connectivity index (χ0) is 13.7. The minimum atomic E-state index is -0.550. The van der Waals surface area contributed by atoms with E-state index in [2.05, 4.69) is 20.8 Å². The third-order valence-electron chi connectivity index (χ3n) is 3.21. The first-order valence-corrected chi connectivity index (χ1v) is 7.24. The van der Waals surface area contributed by atoms with Crippen LogP contribution in [0.3, 0.4) is 0 Å². The topological polar surface area (TPSA) is 36.3 Å². The molecule has 3 nitrogen and oxygen atoms in total. The molecule has 1 aromatic carbocycles. The maximum atomic E-state index is 13.5. The Morgan fingerprint density at radius 2 is 2.11 bits per heavy atom. The maximum Gasteiger partial charge on any atom is 0.145 e. The van der Waals surface area contributed by atoms with Crippen molar-refractivity contribution in [2.75, 3.05) is 26.2 Å². The fourth-order valence-electron chi connectivity index (χ4n) is 2.25. The van der Waals surface area contributed by atoms with Crippen LogP contribution in [0.4, 0.5) is 4.39 Å². The molecule has 1 aromatic rings. The van der Waals surface area contributed by atoms with E-state index in [-0.39, 0.29) is 5.56 Å². The Balaban J connectivity index is 1.86. The Morgan fingerprint density at radius 3 is 2.79 bits per heavy atom. The Bertz CT molecular complexity index is 481. The molecule has 0 saturated carbocycles. The number of hydrogen-bond donors (Lipinski definition) is 0. The summed E-state index contributed by atoms with van der Waals surface area (Å²) in [6.45, 7) is 3.82. The quantitative estimate of drug-likeness (QED) is 0.779. The molecule has 5 heteroatoms. The molecule has 1 heterocycles. The van der Waals surface area contributed by atoms with E-state index in [4.69, 9.17) is 10.00 Å². The molecule has 0 unspecified atom stereocenters. The summed E-state index contributed by atoms with van der Waals surface area (Å²) in [5, 5.41) is 8.93. The van der Waals surface area contributed by atoms with Gasteiger partial charge in [-0.25, -0.2) is 4.39 Å². The van der Waals surface area contributed by atoms with Crippen molar-refractivity contribution in [3.05, 3.63) is 28.0 Å². The highest BCUT2D eigenvalue weighted by Crippen LogP contribution is 2.26. The van der Waals surface area contributed by atoms with E-state index in [9.17, 15) is 4.39 Å². The normalized spacial score (nSPS) is 15.4. The summed E-state index contributed by atoms with van der Waals surface area (Å²) in [6.07, 6.45) is 3.44. The molecule has 0 bridgehead atoms. The standard InChI is InChI=1S/C14H16BrFN2O/c15-11-8-13(16)12(10-17)14(9-11)19-7-3-6-18-4-1-2-5-18/h8-9H,1-7H2. The van der Waals surface area contributed by atoms with Crippen molar-refractivity contribution in [1.29, 1.82) is 5.26 Å². The first kappa shape index (κ1) is 14.3. The predicted molar refractivity (Wildman–Crippen MR) is 74.6 cm³/mol. The highest BCUT2D eigenvalue weighted by atomic mass is 79.9. The number of halogens is 2. The fourth-order valence-corrected chi connectivity index (χ4v) is 2.66. The molecule has 1 saturated heterocycles. The van der Waals surface area contributed by atoms with Crippen LogP contribution in [0.15, 0.2) is 16.6 Å². The summed E-state index contributed by atoms with van der Waals surface area (Å²) >= 11 is 3.20. The van der Waals surface area contributed by atoms with Crippen LogP contribution >= 0.6 is 15.9 Å². The van der Waals surface area contributed by atoms with Gasteiger partial charge in [0.15, 0.2) is 0 Å². The van der Waals surface area contributed by atoms with Crippen LogP contribution in [0.25, 0.3) is 0 Å². The zero-order valence-electron chi connectivity index (χ0n) is 10.7. The summed E-state index contributed by atoms with van der Waals surface area (Å²) in [5.74, 6) is -0.234. The van der Waals surface area contributed by atoms with Crippen molar-refractivity contribution in [2.45, 2.75) is 19.3 Å². The van der Waals surface area contributed by atoms with Crippen molar-refractivity contribution >= 4 is 15.9 Å². The van der Waals surface area contributed by atoms with Gasteiger partial charge >= 0.3 is 0 Å². The SMILES string of the molecule is N#Cc1c(F)cc(Br)cc1OCCCN1CCCC1. The Hall–Kier alpha value is -1.12. The lowest BCUT2D eigenvalue weighted by Crippen LogP contribution is -2.22. The highest BCUT2D eigenvalue weighted by molar-refractivity contribution is 9.10. The number of ether oxygens (including phenoxy) is 1. The molecule has 0 N–H and O–H groups in total. The van der Waals surface area contributed by atoms with Crippen LogP contribution in [0.1, 0.15) is 24.8 Å². The van der Waals surface area contributed by atoms with E-state index in [1.165, 1.54) is 18.9 Å². The summed E-state index contributed by atoms with van der Waals surface area (Å²) in [6, 6.07) is 4.75. The van der Waals surface area contributed by atoms with Crippen LogP contribution < -0.4 is 4.74 Å². The molecule has 102 valence electrons. The lowest BCUT2D eigenvalue weighted by molar-refractivity contribution is 0.262. The highest BCUT2D eigenvalue weighted by Gasteiger charge is 2.13. The monoisotopic (exact) mass is 326 g/mol. The average molecular weight is 327 g/mol. The minimum Gasteiger partial charge on any atom is -0.492 e. The van der Waals surface area contributed by atoms with Gasteiger partial charge in [-0.15, -0.1) is 0 Å². The van der Waals surface area contributed by atoms with Crippen LogP contribution in [0, 0.1) is 17.1 Å². The van der Waals surface area contributed by atoms with Crippen molar-refractivity contribution in [1.82, 2.24) is 4.90 Å². The Labute approximate surface area is 121 Å². The van der Waals surface area contributed by atoms with Gasteiger partial charge in [-0.2, -0.15) is 5.26 Å². The lowest BCUT2D eigenvalue weighted by atomic mass is 10.2. The minimum absolute atomic E-state index is 0.0237. The van der Waals surface area contributed by atoms with E-state index < -0.39 is 5.82 Å². The van der Waals surface area contributed by atoms with Gasteiger partial charge in [0.1, 0.15) is 23.2 Å². The van der Waals surface area contributed by atoms with Crippen LogP contribution in [-0.2, 0) is 0 Å². The number of likely N-dealkylation sites (tertiary alicyclic amines) is 1. The molecule has 1 fully saturated rings.